The molecule has 1 aliphatic rings. The fraction of sp³-hybridized carbons (Fsp3) is 0.538. The normalized spacial score (nSPS) is 18.0. The van der Waals surface area contributed by atoms with E-state index >= 15 is 0 Å². The number of likely N-dealkylation sites (tertiary alicyclic amines) is 1. The van der Waals surface area contributed by atoms with Gasteiger partial charge in [0.05, 0.1) is 18.7 Å². The third-order valence-corrected chi connectivity index (χ3v) is 4.35. The average molecular weight is 264 g/mol. The maximum atomic E-state index is 12.1. The summed E-state index contributed by atoms with van der Waals surface area (Å²) in [7, 11) is 0. The minimum Gasteiger partial charge on any atom is -0.325 e. The summed E-state index contributed by atoms with van der Waals surface area (Å²) in [4.78, 5) is 13.5. The van der Waals surface area contributed by atoms with Crippen molar-refractivity contribution in [3.63, 3.8) is 0 Å². The molecule has 1 amide bonds. The molecule has 2 heterocycles. The van der Waals surface area contributed by atoms with Crippen molar-refractivity contribution in [2.75, 3.05) is 18.4 Å². The van der Waals surface area contributed by atoms with E-state index < -0.39 is 0 Å². The molecule has 2 N–H and O–H groups in total. The Bertz CT molecular complexity index is 457. The van der Waals surface area contributed by atoms with Crippen LogP contribution in [0.1, 0.15) is 31.7 Å². The molecule has 1 fully saturated rings. The number of amides is 1. The lowest BCUT2D eigenvalue weighted by atomic mass is 10.1. The van der Waals surface area contributed by atoms with Gasteiger partial charge in [-0.25, -0.2) is 0 Å². The van der Waals surface area contributed by atoms with Crippen molar-refractivity contribution in [1.82, 2.24) is 0 Å². The highest BCUT2D eigenvalue weighted by Crippen LogP contribution is 2.22. The predicted octanol–water partition coefficient (Wildman–Crippen LogP) is 1.02. The number of carbonyl (C=O) groups excluding carboxylic acids is 1. The van der Waals surface area contributed by atoms with Crippen molar-refractivity contribution in [3.8, 4) is 6.07 Å². The van der Waals surface area contributed by atoms with Crippen LogP contribution in [-0.2, 0) is 4.79 Å². The highest BCUT2D eigenvalue weighted by Gasteiger charge is 2.27. The van der Waals surface area contributed by atoms with E-state index in [0.717, 1.165) is 13.1 Å². The third kappa shape index (κ3) is 2.89. The number of piperidine rings is 1. The standard InChI is InChI=1S/C13H17N3OS/c1-10(16-6-3-2-4-7-16)12(17)15-13-11(9-14)5-8-18-13/h5,8,10H,2-4,6-7H2,1H3,(H,15,17)/p+1/t10-/m0/s1. The summed E-state index contributed by atoms with van der Waals surface area (Å²) < 4.78 is 0. The Morgan fingerprint density at radius 3 is 2.89 bits per heavy atom. The first-order chi connectivity index (χ1) is 8.72. The van der Waals surface area contributed by atoms with Gasteiger partial charge in [-0.15, -0.1) is 11.3 Å². The molecular weight excluding hydrogens is 246 g/mol. The largest absolute Gasteiger partial charge is 0.325 e. The molecular formula is C13H18N3OS+. The van der Waals surface area contributed by atoms with Gasteiger partial charge in [-0.05, 0) is 37.6 Å². The van der Waals surface area contributed by atoms with E-state index in [1.165, 1.54) is 35.5 Å². The Kier molecular flexibility index (Phi) is 4.34. The van der Waals surface area contributed by atoms with Gasteiger partial charge in [0.25, 0.3) is 5.91 Å². The molecule has 2 rings (SSSR count). The van der Waals surface area contributed by atoms with Crippen molar-refractivity contribution in [2.24, 2.45) is 0 Å². The molecule has 1 aromatic heterocycles. The van der Waals surface area contributed by atoms with E-state index in [9.17, 15) is 4.79 Å². The van der Waals surface area contributed by atoms with E-state index in [0.29, 0.717) is 10.6 Å². The molecule has 1 aromatic rings. The lowest BCUT2D eigenvalue weighted by molar-refractivity contribution is -0.918. The van der Waals surface area contributed by atoms with Gasteiger partial charge in [-0.2, -0.15) is 5.26 Å². The molecule has 1 atom stereocenters. The van der Waals surface area contributed by atoms with Gasteiger partial charge in [0.15, 0.2) is 6.04 Å². The van der Waals surface area contributed by atoms with Gasteiger partial charge in [0, 0.05) is 0 Å². The van der Waals surface area contributed by atoms with E-state index in [4.69, 9.17) is 5.26 Å². The smallest absolute Gasteiger partial charge is 0.283 e. The van der Waals surface area contributed by atoms with E-state index in [-0.39, 0.29) is 11.9 Å². The number of hydrogen-bond acceptors (Lipinski definition) is 3. The van der Waals surface area contributed by atoms with Crippen LogP contribution in [0.3, 0.4) is 0 Å². The Hall–Kier alpha value is -1.38. The second-order valence-electron chi connectivity index (χ2n) is 4.71. The van der Waals surface area contributed by atoms with E-state index in [1.54, 1.807) is 6.07 Å². The first kappa shape index (κ1) is 13.1. The molecule has 0 aliphatic carbocycles. The molecule has 1 aliphatic heterocycles. The van der Waals surface area contributed by atoms with Crippen LogP contribution in [0.15, 0.2) is 11.4 Å². The van der Waals surface area contributed by atoms with Crippen LogP contribution in [0.25, 0.3) is 0 Å². The number of hydrogen-bond donors (Lipinski definition) is 2. The van der Waals surface area contributed by atoms with Crippen LogP contribution in [0, 0.1) is 11.3 Å². The maximum Gasteiger partial charge on any atom is 0.283 e. The van der Waals surface area contributed by atoms with Crippen LogP contribution in [-0.4, -0.2) is 25.0 Å². The number of carbonyl (C=O) groups is 1. The van der Waals surface area contributed by atoms with Gasteiger partial charge in [-0.1, -0.05) is 0 Å². The van der Waals surface area contributed by atoms with Crippen LogP contribution in [0.2, 0.25) is 0 Å². The highest BCUT2D eigenvalue weighted by atomic mass is 32.1. The molecule has 0 saturated carbocycles. The van der Waals surface area contributed by atoms with Crippen LogP contribution in [0.4, 0.5) is 5.00 Å². The van der Waals surface area contributed by atoms with Gasteiger partial charge >= 0.3 is 0 Å². The zero-order valence-corrected chi connectivity index (χ0v) is 11.3. The second kappa shape index (κ2) is 5.98. The molecule has 18 heavy (non-hydrogen) atoms. The number of nitriles is 1. The summed E-state index contributed by atoms with van der Waals surface area (Å²) in [5, 5.41) is 14.3. The Morgan fingerprint density at radius 2 is 2.22 bits per heavy atom. The number of quaternary nitrogens is 1. The topological polar surface area (TPSA) is 57.3 Å². The summed E-state index contributed by atoms with van der Waals surface area (Å²) in [6.07, 6.45) is 3.69. The molecule has 0 radical (unpaired) electrons. The van der Waals surface area contributed by atoms with Crippen molar-refractivity contribution in [2.45, 2.75) is 32.2 Å². The number of nitrogens with one attached hydrogen (secondary N) is 2. The number of thiophene rings is 1. The minimum absolute atomic E-state index is 0.0193. The van der Waals surface area contributed by atoms with Crippen molar-refractivity contribution >= 4 is 22.2 Å². The molecule has 5 heteroatoms. The quantitative estimate of drug-likeness (QED) is 0.856. The third-order valence-electron chi connectivity index (χ3n) is 3.52. The summed E-state index contributed by atoms with van der Waals surface area (Å²) in [6, 6.07) is 3.78. The molecule has 1 saturated heterocycles. The van der Waals surface area contributed by atoms with Crippen molar-refractivity contribution < 1.29 is 9.69 Å². The lowest BCUT2D eigenvalue weighted by Gasteiger charge is -2.28. The van der Waals surface area contributed by atoms with Gasteiger partial charge < -0.3 is 10.2 Å². The SMILES string of the molecule is C[C@@H](C(=O)Nc1sccc1C#N)[NH+]1CCCCC1. The molecule has 0 unspecified atom stereocenters. The van der Waals surface area contributed by atoms with Gasteiger partial charge in [-0.3, -0.25) is 4.79 Å². The van der Waals surface area contributed by atoms with Crippen molar-refractivity contribution in [1.29, 1.82) is 5.26 Å². The Labute approximate surface area is 111 Å². The average Bonchev–Trinajstić information content (AvgIpc) is 2.86. The zero-order chi connectivity index (χ0) is 13.0. The fourth-order valence-corrected chi connectivity index (χ4v) is 3.08. The molecule has 96 valence electrons. The monoisotopic (exact) mass is 264 g/mol. The molecule has 0 aromatic carbocycles. The highest BCUT2D eigenvalue weighted by molar-refractivity contribution is 7.14. The number of rotatable bonds is 3. The first-order valence-corrected chi connectivity index (χ1v) is 7.23. The zero-order valence-electron chi connectivity index (χ0n) is 10.5. The van der Waals surface area contributed by atoms with Gasteiger partial charge in [0.1, 0.15) is 11.1 Å². The fourth-order valence-electron chi connectivity index (χ4n) is 2.34. The number of nitrogens with zero attached hydrogens (tertiary/aromatic N) is 1. The molecule has 0 spiro atoms. The molecule has 4 nitrogen and oxygen atoms in total. The minimum atomic E-state index is -0.0426. The van der Waals surface area contributed by atoms with E-state index in [2.05, 4.69) is 11.4 Å². The molecule has 0 bridgehead atoms. The summed E-state index contributed by atoms with van der Waals surface area (Å²) >= 11 is 1.40. The Balaban J connectivity index is 1.97. The van der Waals surface area contributed by atoms with Gasteiger partial charge in [0.2, 0.25) is 0 Å². The van der Waals surface area contributed by atoms with E-state index in [1.807, 2.05) is 12.3 Å². The number of anilines is 1. The summed E-state index contributed by atoms with van der Waals surface area (Å²) in [5.74, 6) is 0.0193. The van der Waals surface area contributed by atoms with Crippen molar-refractivity contribution in [3.05, 3.63) is 17.0 Å². The summed E-state index contributed by atoms with van der Waals surface area (Å²) in [5.41, 5.74) is 0.550. The van der Waals surface area contributed by atoms with Crippen LogP contribution in [0.5, 0.6) is 0 Å². The summed E-state index contributed by atoms with van der Waals surface area (Å²) in [6.45, 7) is 4.11. The van der Waals surface area contributed by atoms with Crippen LogP contribution < -0.4 is 10.2 Å². The Morgan fingerprint density at radius 1 is 1.50 bits per heavy atom. The van der Waals surface area contributed by atoms with Crippen LogP contribution >= 0.6 is 11.3 Å². The second-order valence-corrected chi connectivity index (χ2v) is 5.62. The predicted molar refractivity (Wildman–Crippen MR) is 71.7 cm³/mol. The first-order valence-electron chi connectivity index (χ1n) is 6.35. The lowest BCUT2D eigenvalue weighted by Crippen LogP contribution is -3.17. The maximum absolute atomic E-state index is 12.1.